The summed E-state index contributed by atoms with van der Waals surface area (Å²) >= 11 is 7.93. The van der Waals surface area contributed by atoms with E-state index >= 15 is 0 Å². The Bertz CT molecular complexity index is 1240. The molecule has 0 aliphatic carbocycles. The number of thioether (sulfide) groups is 1. The van der Waals surface area contributed by atoms with Crippen LogP contribution in [0, 0.1) is 13.8 Å². The molecule has 0 aliphatic heterocycles. The van der Waals surface area contributed by atoms with Crippen LogP contribution in [0.3, 0.4) is 0 Å². The maximum Gasteiger partial charge on any atom is 0.411 e. The van der Waals surface area contributed by atoms with E-state index in [0.29, 0.717) is 30.5 Å². The van der Waals surface area contributed by atoms with E-state index in [1.54, 1.807) is 11.8 Å². The second kappa shape index (κ2) is 14.0. The first kappa shape index (κ1) is 28.5. The van der Waals surface area contributed by atoms with Crippen molar-refractivity contribution in [1.29, 1.82) is 0 Å². The summed E-state index contributed by atoms with van der Waals surface area (Å²) in [5.74, 6) is -1.74. The lowest BCUT2D eigenvalue weighted by molar-refractivity contribution is -0.134. The summed E-state index contributed by atoms with van der Waals surface area (Å²) in [4.78, 5) is 35.7. The first-order chi connectivity index (χ1) is 17.1. The third kappa shape index (κ3) is 8.51. The molecule has 12 heteroatoms. The summed E-state index contributed by atoms with van der Waals surface area (Å²) in [6, 6.07) is 9.67. The van der Waals surface area contributed by atoms with Gasteiger partial charge in [0, 0.05) is 36.3 Å². The molecule has 2 heterocycles. The Morgan fingerprint density at radius 3 is 2.42 bits per heavy atom. The number of amides is 1. The van der Waals surface area contributed by atoms with Gasteiger partial charge in [0.15, 0.2) is 5.65 Å². The number of carbonyl (C=O) groups excluding carboxylic acids is 1. The van der Waals surface area contributed by atoms with E-state index in [0.717, 1.165) is 39.6 Å². The molecular weight excluding hydrogens is 508 g/mol. The number of rotatable bonds is 9. The lowest BCUT2D eigenvalue weighted by Crippen LogP contribution is -2.17. The number of imidazole rings is 1. The Balaban J connectivity index is 0.000000493. The van der Waals surface area contributed by atoms with Gasteiger partial charge in [-0.3, -0.25) is 9.72 Å². The van der Waals surface area contributed by atoms with Crippen LogP contribution in [-0.2, 0) is 20.9 Å². The number of aliphatic carboxylic acids is 2. The molecule has 0 saturated carbocycles. The third-order valence-corrected chi connectivity index (χ3v) is 5.77. The molecule has 0 unspecified atom stereocenters. The molecule has 1 amide bonds. The number of nitrogens with zero attached hydrogens (tertiary/aromatic N) is 2. The van der Waals surface area contributed by atoms with E-state index in [1.165, 1.54) is 0 Å². The summed E-state index contributed by atoms with van der Waals surface area (Å²) in [5, 5.41) is 22.5. The Kier molecular flexibility index (Phi) is 11.1. The van der Waals surface area contributed by atoms with Gasteiger partial charge in [0.2, 0.25) is 0 Å². The van der Waals surface area contributed by atoms with E-state index in [4.69, 9.17) is 26.6 Å². The monoisotopic (exact) mass is 534 g/mol. The maximum absolute atomic E-state index is 12.0. The van der Waals surface area contributed by atoms with Crippen molar-refractivity contribution < 1.29 is 29.3 Å². The van der Waals surface area contributed by atoms with Gasteiger partial charge < -0.3 is 20.3 Å². The van der Waals surface area contributed by atoms with Crippen LogP contribution in [0.1, 0.15) is 16.8 Å². The Morgan fingerprint density at radius 2 is 1.78 bits per heavy atom. The maximum atomic E-state index is 12.0. The largest absolute Gasteiger partial charge is 0.478 e. The van der Waals surface area contributed by atoms with E-state index in [2.05, 4.69) is 15.6 Å². The zero-order valence-corrected chi connectivity index (χ0v) is 21.5. The van der Waals surface area contributed by atoms with Crippen molar-refractivity contribution in [2.24, 2.45) is 0 Å². The lowest BCUT2D eigenvalue weighted by Gasteiger charge is -2.15. The number of aryl methyl sites for hydroxylation is 2. The van der Waals surface area contributed by atoms with Gasteiger partial charge in [-0.1, -0.05) is 23.7 Å². The topological polar surface area (TPSA) is 142 Å². The number of carbonyl (C=O) groups is 3. The number of nitrogens with one attached hydrogen (secondary N) is 2. The Hall–Kier alpha value is -3.70. The minimum atomic E-state index is -1.26. The number of anilines is 2. The van der Waals surface area contributed by atoms with E-state index in [9.17, 15) is 14.4 Å². The van der Waals surface area contributed by atoms with E-state index in [-0.39, 0.29) is 0 Å². The highest BCUT2D eigenvalue weighted by atomic mass is 35.5. The molecule has 1 aromatic carbocycles. The van der Waals surface area contributed by atoms with Crippen molar-refractivity contribution in [1.82, 2.24) is 9.38 Å². The van der Waals surface area contributed by atoms with Gasteiger partial charge in [0.25, 0.3) is 0 Å². The second-order valence-electron chi connectivity index (χ2n) is 7.32. The highest BCUT2D eigenvalue weighted by Crippen LogP contribution is 2.25. The number of aromatic nitrogens is 2. The SMILES string of the molecule is CSCCOC(=O)Nc1cccc(C)c1CNc1cccn2c(Cl)c(C)nc12.O=C(O)/C=C/C(=O)O. The van der Waals surface area contributed by atoms with Gasteiger partial charge >= 0.3 is 18.0 Å². The van der Waals surface area contributed by atoms with Crippen molar-refractivity contribution >= 4 is 58.4 Å². The zero-order chi connectivity index (χ0) is 26.7. The van der Waals surface area contributed by atoms with E-state index in [1.807, 2.05) is 61.0 Å². The van der Waals surface area contributed by atoms with Crippen molar-refractivity contribution in [2.45, 2.75) is 20.4 Å². The minimum Gasteiger partial charge on any atom is -0.478 e. The number of carboxylic acid groups (broad SMARTS) is 2. The minimum absolute atomic E-state index is 0.383. The molecule has 36 heavy (non-hydrogen) atoms. The summed E-state index contributed by atoms with van der Waals surface area (Å²) in [5.41, 5.74) is 5.20. The first-order valence-corrected chi connectivity index (χ1v) is 12.4. The quantitative estimate of drug-likeness (QED) is 0.224. The smallest absolute Gasteiger partial charge is 0.411 e. The molecule has 10 nitrogen and oxygen atoms in total. The number of hydrogen-bond donors (Lipinski definition) is 4. The number of halogens is 1. The van der Waals surface area contributed by atoms with Crippen molar-refractivity contribution in [3.8, 4) is 0 Å². The second-order valence-corrected chi connectivity index (χ2v) is 8.67. The summed E-state index contributed by atoms with van der Waals surface area (Å²) in [6.07, 6.45) is 4.53. The predicted octanol–water partition coefficient (Wildman–Crippen LogP) is 4.84. The van der Waals surface area contributed by atoms with E-state index < -0.39 is 18.0 Å². The molecule has 3 rings (SSSR count). The molecule has 4 N–H and O–H groups in total. The van der Waals surface area contributed by atoms with Gasteiger partial charge in [0.1, 0.15) is 11.8 Å². The van der Waals surface area contributed by atoms with Crippen molar-refractivity contribution in [3.05, 3.63) is 70.7 Å². The summed E-state index contributed by atoms with van der Waals surface area (Å²) < 4.78 is 7.04. The number of ether oxygens (including phenoxy) is 1. The fraction of sp³-hybridized carbons (Fsp3) is 0.250. The van der Waals surface area contributed by atoms with Crippen LogP contribution in [-0.4, -0.2) is 56.2 Å². The first-order valence-electron chi connectivity index (χ1n) is 10.7. The average molecular weight is 535 g/mol. The molecule has 0 fully saturated rings. The average Bonchev–Trinajstić information content (AvgIpc) is 3.12. The number of fused-ring (bicyclic) bond motifs is 1. The number of carboxylic acids is 2. The van der Waals surface area contributed by atoms with Crippen LogP contribution < -0.4 is 10.6 Å². The molecule has 0 bridgehead atoms. The normalized spacial score (nSPS) is 10.6. The molecule has 0 atom stereocenters. The Labute approximate surface area is 217 Å². The molecule has 3 aromatic rings. The molecule has 192 valence electrons. The van der Waals surface area contributed by atoms with Gasteiger partial charge in [0.05, 0.1) is 11.4 Å². The highest BCUT2D eigenvalue weighted by Gasteiger charge is 2.13. The van der Waals surface area contributed by atoms with Gasteiger partial charge in [-0.2, -0.15) is 11.8 Å². The fourth-order valence-electron chi connectivity index (χ4n) is 3.03. The van der Waals surface area contributed by atoms with Gasteiger partial charge in [-0.15, -0.1) is 0 Å². The molecule has 0 saturated heterocycles. The van der Waals surface area contributed by atoms with Crippen LogP contribution >= 0.6 is 23.4 Å². The molecular formula is C24H27ClN4O6S. The van der Waals surface area contributed by atoms with Crippen LogP contribution in [0.2, 0.25) is 5.15 Å². The summed E-state index contributed by atoms with van der Waals surface area (Å²) in [6.45, 7) is 4.80. The number of pyridine rings is 1. The number of benzene rings is 1. The van der Waals surface area contributed by atoms with Gasteiger partial charge in [-0.25, -0.2) is 19.4 Å². The van der Waals surface area contributed by atoms with Crippen LogP contribution in [0.5, 0.6) is 0 Å². The third-order valence-electron chi connectivity index (χ3n) is 4.74. The van der Waals surface area contributed by atoms with Crippen molar-refractivity contribution in [2.75, 3.05) is 29.2 Å². The molecule has 2 aromatic heterocycles. The van der Waals surface area contributed by atoms with Crippen molar-refractivity contribution in [3.63, 3.8) is 0 Å². The summed E-state index contributed by atoms with van der Waals surface area (Å²) in [7, 11) is 0. The van der Waals surface area contributed by atoms with Crippen LogP contribution in [0.4, 0.5) is 16.2 Å². The number of hydrogen-bond acceptors (Lipinski definition) is 7. The predicted molar refractivity (Wildman–Crippen MR) is 141 cm³/mol. The lowest BCUT2D eigenvalue weighted by atomic mass is 10.1. The van der Waals surface area contributed by atoms with Crippen LogP contribution in [0.15, 0.2) is 48.7 Å². The van der Waals surface area contributed by atoms with Crippen LogP contribution in [0.25, 0.3) is 5.65 Å². The zero-order valence-electron chi connectivity index (χ0n) is 19.9. The fourth-order valence-corrected chi connectivity index (χ4v) is 3.46. The molecule has 0 aliphatic rings. The standard InChI is InChI=1S/C20H23ClN4O2S.C4H4O4/c1-13-6-4-7-16(24-20(26)27-10-11-28-3)15(13)12-22-17-8-5-9-25-18(21)14(2)23-19(17)25;5-3(6)1-2-4(7)8/h4-9,22H,10-12H2,1-3H3,(H,24,26);1-2H,(H,5,6)(H,7,8)/b;2-1+. The highest BCUT2D eigenvalue weighted by molar-refractivity contribution is 7.98. The molecule has 0 spiro atoms. The van der Waals surface area contributed by atoms with Gasteiger partial charge in [-0.05, 0) is 49.4 Å². The molecule has 0 radical (unpaired) electrons. The Morgan fingerprint density at radius 1 is 1.11 bits per heavy atom.